The number of rotatable bonds is 1. The molecular formula is C11H7BrN2OS. The minimum absolute atomic E-state index is 0.101. The molecule has 3 rings (SSSR count). The van der Waals surface area contributed by atoms with Gasteiger partial charge in [0.25, 0.3) is 0 Å². The van der Waals surface area contributed by atoms with E-state index >= 15 is 0 Å². The van der Waals surface area contributed by atoms with Crippen LogP contribution < -0.4 is 5.69 Å². The maximum Gasteiger partial charge on any atom is 0.331 e. The van der Waals surface area contributed by atoms with Crippen molar-refractivity contribution < 1.29 is 0 Å². The third-order valence-corrected chi connectivity index (χ3v) is 3.72. The average molecular weight is 295 g/mol. The molecular weight excluding hydrogens is 288 g/mol. The van der Waals surface area contributed by atoms with Gasteiger partial charge in [0.1, 0.15) is 5.00 Å². The number of benzene rings is 1. The summed E-state index contributed by atoms with van der Waals surface area (Å²) in [4.78, 5) is 14.7. The summed E-state index contributed by atoms with van der Waals surface area (Å²) in [5.41, 5.74) is 1.64. The van der Waals surface area contributed by atoms with E-state index in [1.54, 1.807) is 15.9 Å². The summed E-state index contributed by atoms with van der Waals surface area (Å²) in [6.45, 7) is 0. The van der Waals surface area contributed by atoms with Crippen molar-refractivity contribution >= 4 is 38.3 Å². The van der Waals surface area contributed by atoms with Gasteiger partial charge in [0.2, 0.25) is 0 Å². The van der Waals surface area contributed by atoms with Crippen LogP contribution in [-0.4, -0.2) is 9.55 Å². The number of H-pyrrole nitrogens is 1. The summed E-state index contributed by atoms with van der Waals surface area (Å²) in [6, 6.07) is 9.61. The van der Waals surface area contributed by atoms with Crippen molar-refractivity contribution in [1.29, 1.82) is 0 Å². The highest BCUT2D eigenvalue weighted by atomic mass is 79.9. The largest absolute Gasteiger partial charge is 0.331 e. The molecule has 0 unspecified atom stereocenters. The maximum absolute atomic E-state index is 11.8. The van der Waals surface area contributed by atoms with E-state index in [-0.39, 0.29) is 5.69 Å². The summed E-state index contributed by atoms with van der Waals surface area (Å²) in [6.07, 6.45) is 0. The fraction of sp³-hybridized carbons (Fsp3) is 0. The van der Waals surface area contributed by atoms with Crippen LogP contribution in [0.25, 0.3) is 16.0 Å². The van der Waals surface area contributed by atoms with Crippen LogP contribution in [0.3, 0.4) is 0 Å². The van der Waals surface area contributed by atoms with Crippen LogP contribution in [0.2, 0.25) is 0 Å². The molecule has 5 heteroatoms. The Bertz CT molecular complexity index is 696. The van der Waals surface area contributed by atoms with Crippen LogP contribution in [0.15, 0.2) is 45.0 Å². The first-order valence-electron chi connectivity index (χ1n) is 4.70. The van der Waals surface area contributed by atoms with Crippen molar-refractivity contribution in [3.63, 3.8) is 0 Å². The molecule has 0 aliphatic heterocycles. The highest BCUT2D eigenvalue weighted by Crippen LogP contribution is 2.22. The van der Waals surface area contributed by atoms with Crippen molar-refractivity contribution in [1.82, 2.24) is 9.55 Å². The zero-order valence-corrected chi connectivity index (χ0v) is 10.5. The summed E-state index contributed by atoms with van der Waals surface area (Å²) >= 11 is 4.96. The zero-order chi connectivity index (χ0) is 11.1. The van der Waals surface area contributed by atoms with Gasteiger partial charge in [0.15, 0.2) is 0 Å². The molecule has 0 saturated carbocycles. The molecule has 80 valence electrons. The SMILES string of the molecule is O=c1[nH]c2ccc(Br)cc2n1-c1cccs1. The van der Waals surface area contributed by atoms with Crippen molar-refractivity contribution in [2.24, 2.45) is 0 Å². The summed E-state index contributed by atoms with van der Waals surface area (Å²) in [5.74, 6) is 0. The molecule has 0 saturated heterocycles. The molecule has 0 fully saturated rings. The van der Waals surface area contributed by atoms with Gasteiger partial charge >= 0.3 is 5.69 Å². The Balaban J connectivity index is 2.43. The lowest BCUT2D eigenvalue weighted by Crippen LogP contribution is -2.13. The van der Waals surface area contributed by atoms with Gasteiger partial charge in [-0.15, -0.1) is 11.3 Å². The molecule has 0 aliphatic rings. The zero-order valence-electron chi connectivity index (χ0n) is 8.11. The van der Waals surface area contributed by atoms with Gasteiger partial charge < -0.3 is 4.98 Å². The molecule has 16 heavy (non-hydrogen) atoms. The van der Waals surface area contributed by atoms with Crippen molar-refractivity contribution in [2.45, 2.75) is 0 Å². The van der Waals surface area contributed by atoms with E-state index in [9.17, 15) is 4.79 Å². The molecule has 0 atom stereocenters. The summed E-state index contributed by atoms with van der Waals surface area (Å²) < 4.78 is 2.65. The lowest BCUT2D eigenvalue weighted by molar-refractivity contribution is 1.04. The first-order valence-corrected chi connectivity index (χ1v) is 6.37. The van der Waals surface area contributed by atoms with E-state index in [2.05, 4.69) is 20.9 Å². The smallest absolute Gasteiger partial charge is 0.305 e. The van der Waals surface area contributed by atoms with E-state index < -0.39 is 0 Å². The lowest BCUT2D eigenvalue weighted by atomic mass is 10.3. The predicted molar refractivity (Wildman–Crippen MR) is 69.5 cm³/mol. The van der Waals surface area contributed by atoms with Crippen molar-refractivity contribution in [3.8, 4) is 5.00 Å². The van der Waals surface area contributed by atoms with Gasteiger partial charge in [-0.2, -0.15) is 0 Å². The Kier molecular flexibility index (Phi) is 2.22. The average Bonchev–Trinajstić information content (AvgIpc) is 2.83. The number of aromatic nitrogens is 2. The van der Waals surface area contributed by atoms with E-state index in [0.717, 1.165) is 20.5 Å². The summed E-state index contributed by atoms with van der Waals surface area (Å²) in [5, 5.41) is 2.88. The molecule has 3 aromatic rings. The number of nitrogens with zero attached hydrogens (tertiary/aromatic N) is 1. The van der Waals surface area contributed by atoms with Crippen LogP contribution in [0.4, 0.5) is 0 Å². The van der Waals surface area contributed by atoms with Crippen LogP contribution in [0.1, 0.15) is 0 Å². The fourth-order valence-corrected chi connectivity index (χ4v) is 2.78. The lowest BCUT2D eigenvalue weighted by Gasteiger charge is -1.98. The monoisotopic (exact) mass is 294 g/mol. The molecule has 1 N–H and O–H groups in total. The Morgan fingerprint density at radius 2 is 2.19 bits per heavy atom. The Labute approximate surface area is 103 Å². The topological polar surface area (TPSA) is 37.8 Å². The molecule has 2 aromatic heterocycles. The van der Waals surface area contributed by atoms with Gasteiger partial charge in [-0.25, -0.2) is 4.79 Å². The summed E-state index contributed by atoms with van der Waals surface area (Å²) in [7, 11) is 0. The maximum atomic E-state index is 11.8. The Morgan fingerprint density at radius 3 is 2.94 bits per heavy atom. The molecule has 2 heterocycles. The Hall–Kier alpha value is -1.33. The van der Waals surface area contributed by atoms with Crippen LogP contribution >= 0.6 is 27.3 Å². The minimum atomic E-state index is -0.101. The van der Waals surface area contributed by atoms with Crippen LogP contribution in [-0.2, 0) is 0 Å². The number of imidazole rings is 1. The van der Waals surface area contributed by atoms with Gasteiger partial charge in [-0.1, -0.05) is 15.9 Å². The second-order valence-corrected chi connectivity index (χ2v) is 5.22. The second kappa shape index (κ2) is 3.61. The number of fused-ring (bicyclic) bond motifs is 1. The van der Waals surface area contributed by atoms with Crippen molar-refractivity contribution in [3.05, 3.63) is 50.7 Å². The van der Waals surface area contributed by atoms with Crippen LogP contribution in [0.5, 0.6) is 0 Å². The van der Waals surface area contributed by atoms with Gasteiger partial charge in [-0.05, 0) is 35.7 Å². The van der Waals surface area contributed by atoms with Crippen LogP contribution in [0, 0.1) is 0 Å². The first-order chi connectivity index (χ1) is 7.75. The normalized spacial score (nSPS) is 11.1. The molecule has 0 spiro atoms. The van der Waals surface area contributed by atoms with E-state index in [4.69, 9.17) is 0 Å². The molecule has 3 nitrogen and oxygen atoms in total. The van der Waals surface area contributed by atoms with Gasteiger partial charge in [0, 0.05) is 4.47 Å². The molecule has 0 amide bonds. The molecule has 0 aliphatic carbocycles. The highest BCUT2D eigenvalue weighted by Gasteiger charge is 2.09. The molecule has 0 bridgehead atoms. The number of aromatic amines is 1. The standard InChI is InChI=1S/C11H7BrN2OS/c12-7-3-4-8-9(6-7)14(11(15)13-8)10-2-1-5-16-10/h1-6H,(H,13,15). The van der Waals surface area contributed by atoms with Gasteiger partial charge in [0.05, 0.1) is 11.0 Å². The number of thiophene rings is 1. The van der Waals surface area contributed by atoms with Crippen molar-refractivity contribution in [2.75, 3.05) is 0 Å². The molecule has 1 aromatic carbocycles. The highest BCUT2D eigenvalue weighted by molar-refractivity contribution is 9.10. The van der Waals surface area contributed by atoms with E-state index in [1.807, 2.05) is 35.7 Å². The first kappa shape index (κ1) is 9.86. The third-order valence-electron chi connectivity index (χ3n) is 2.37. The van der Waals surface area contributed by atoms with E-state index in [0.29, 0.717) is 0 Å². The van der Waals surface area contributed by atoms with E-state index in [1.165, 1.54) is 0 Å². The number of nitrogens with one attached hydrogen (secondary N) is 1. The minimum Gasteiger partial charge on any atom is -0.305 e. The third kappa shape index (κ3) is 1.44. The number of halogens is 1. The quantitative estimate of drug-likeness (QED) is 0.736. The number of hydrogen-bond acceptors (Lipinski definition) is 2. The predicted octanol–water partition coefficient (Wildman–Crippen LogP) is 3.14. The Morgan fingerprint density at radius 1 is 1.31 bits per heavy atom. The molecule has 0 radical (unpaired) electrons. The number of hydrogen-bond donors (Lipinski definition) is 1. The van der Waals surface area contributed by atoms with Gasteiger partial charge in [-0.3, -0.25) is 4.57 Å². The fourth-order valence-electron chi connectivity index (χ4n) is 1.69. The second-order valence-electron chi connectivity index (χ2n) is 3.38.